The van der Waals surface area contributed by atoms with Crippen molar-refractivity contribution in [1.82, 2.24) is 5.32 Å². The third kappa shape index (κ3) is 11.4. The molecule has 60 heavy (non-hydrogen) atoms. The summed E-state index contributed by atoms with van der Waals surface area (Å²) in [6, 6.07) is 18.8. The van der Waals surface area contributed by atoms with E-state index in [4.69, 9.17) is 24.7 Å². The zero-order chi connectivity index (χ0) is 42.7. The van der Waals surface area contributed by atoms with E-state index in [0.29, 0.717) is 24.0 Å². The predicted molar refractivity (Wildman–Crippen MR) is 223 cm³/mol. The number of aliphatic hydroxyl groups excluding tert-OH is 1. The molecule has 3 aromatic rings. The predicted octanol–water partition coefficient (Wildman–Crippen LogP) is 4.69. The van der Waals surface area contributed by atoms with Crippen LogP contribution in [0.2, 0.25) is 0 Å². The van der Waals surface area contributed by atoms with Crippen molar-refractivity contribution in [2.75, 3.05) is 32.9 Å². The first-order valence-electron chi connectivity index (χ1n) is 20.6. The van der Waals surface area contributed by atoms with Gasteiger partial charge in [0.25, 0.3) is 0 Å². The summed E-state index contributed by atoms with van der Waals surface area (Å²) < 4.78 is 24.9. The molecule has 6 rings (SSSR count). The van der Waals surface area contributed by atoms with Gasteiger partial charge in [0, 0.05) is 32.0 Å². The lowest BCUT2D eigenvalue weighted by Crippen LogP contribution is -2.70. The molecule has 3 aliphatic rings. The van der Waals surface area contributed by atoms with Crippen LogP contribution in [0.25, 0.3) is 12.2 Å². The number of ether oxygens (including phenoxy) is 4. The minimum atomic E-state index is -2.11. The maximum atomic E-state index is 14.3. The first kappa shape index (κ1) is 44.5. The van der Waals surface area contributed by atoms with Crippen LogP contribution in [0.4, 0.5) is 0 Å². The number of fused-ring (bicyclic) bond motifs is 1. The molecule has 14 heteroatoms. The molecule has 322 valence electrons. The van der Waals surface area contributed by atoms with Crippen molar-refractivity contribution in [3.8, 4) is 23.0 Å². The number of rotatable bonds is 18. The van der Waals surface area contributed by atoms with Crippen LogP contribution < -0.4 is 15.8 Å². The van der Waals surface area contributed by atoms with Gasteiger partial charge in [-0.15, -0.1) is 0 Å². The number of aliphatic hydroxyl groups is 1. The molecule has 0 spiro atoms. The molecule has 3 fully saturated rings. The van der Waals surface area contributed by atoms with Gasteiger partial charge in [-0.25, -0.2) is 4.79 Å². The monoisotopic (exact) mass is 828 g/mol. The zero-order valence-corrected chi connectivity index (χ0v) is 33.6. The number of carbonyl (C=O) groups excluding carboxylic acids is 2. The highest BCUT2D eigenvalue weighted by atomic mass is 16.6. The second-order valence-corrected chi connectivity index (χ2v) is 16.1. The van der Waals surface area contributed by atoms with Gasteiger partial charge in [-0.3, -0.25) is 9.59 Å². The van der Waals surface area contributed by atoms with Crippen LogP contribution in [0, 0.1) is 5.92 Å². The number of aliphatic carboxylic acids is 1. The number of carbonyl (C=O) groups is 3. The Balaban J connectivity index is 1.28. The Bertz CT molecular complexity index is 2000. The molecular formula is C46H56N2O12. The quantitative estimate of drug-likeness (QED) is 0.0682. The average molecular weight is 829 g/mol. The molecule has 1 unspecified atom stereocenters. The first-order chi connectivity index (χ1) is 28.9. The fourth-order valence-electron chi connectivity index (χ4n) is 8.45. The second kappa shape index (κ2) is 20.4. The Morgan fingerprint density at radius 2 is 1.63 bits per heavy atom. The van der Waals surface area contributed by atoms with Gasteiger partial charge >= 0.3 is 5.97 Å². The molecule has 1 saturated heterocycles. The van der Waals surface area contributed by atoms with E-state index in [0.717, 1.165) is 31.2 Å². The van der Waals surface area contributed by atoms with Crippen molar-refractivity contribution in [2.45, 2.75) is 93.3 Å². The normalized spacial score (nSPS) is 26.1. The van der Waals surface area contributed by atoms with E-state index in [-0.39, 0.29) is 74.1 Å². The number of carboxylic acids is 1. The Morgan fingerprint density at radius 1 is 0.917 bits per heavy atom. The number of benzene rings is 3. The summed E-state index contributed by atoms with van der Waals surface area (Å²) in [5.41, 5.74) is 3.81. The Morgan fingerprint density at radius 3 is 2.33 bits per heavy atom. The van der Waals surface area contributed by atoms with Crippen molar-refractivity contribution >= 4 is 29.7 Å². The van der Waals surface area contributed by atoms with Crippen molar-refractivity contribution < 1.29 is 58.9 Å². The van der Waals surface area contributed by atoms with Gasteiger partial charge in [0.15, 0.2) is 40.2 Å². The van der Waals surface area contributed by atoms with Crippen molar-refractivity contribution in [3.05, 3.63) is 95.6 Å². The molecule has 8 N–H and O–H groups in total. The summed E-state index contributed by atoms with van der Waals surface area (Å²) in [7, 11) is 0. The summed E-state index contributed by atoms with van der Waals surface area (Å²) in [5.74, 6) is -3.12. The molecule has 0 amide bonds. The summed E-state index contributed by atoms with van der Waals surface area (Å²) in [6.45, 7) is 0.0350. The maximum Gasteiger partial charge on any atom is 0.336 e. The van der Waals surface area contributed by atoms with Gasteiger partial charge in [0.1, 0.15) is 31.0 Å². The Labute approximate surface area is 349 Å². The highest BCUT2D eigenvalue weighted by Crippen LogP contribution is 2.45. The number of nitrogens with two attached hydrogens (primary N) is 1. The largest absolute Gasteiger partial charge is 0.504 e. The van der Waals surface area contributed by atoms with Crippen LogP contribution in [0.3, 0.4) is 0 Å². The number of phenolic OH excluding ortho intramolecular Hbond substituents is 3. The number of ketones is 2. The third-order valence-corrected chi connectivity index (χ3v) is 11.6. The Kier molecular flexibility index (Phi) is 15.2. The average Bonchev–Trinajstić information content (AvgIpc) is 3.76. The molecule has 0 aromatic heterocycles. The number of aromatic hydroxyl groups is 3. The number of carboxylic acid groups (broad SMARTS) is 1. The fraction of sp³-hybridized carbons (Fsp3) is 0.457. The van der Waals surface area contributed by atoms with Crippen LogP contribution in [0.15, 0.2) is 78.9 Å². The smallest absolute Gasteiger partial charge is 0.336 e. The summed E-state index contributed by atoms with van der Waals surface area (Å²) >= 11 is 0. The number of nitrogens with one attached hydrogen (secondary N) is 1. The minimum absolute atomic E-state index is 0.0358. The van der Waals surface area contributed by atoms with Gasteiger partial charge < -0.3 is 55.5 Å². The molecule has 1 heterocycles. The minimum Gasteiger partial charge on any atom is -0.504 e. The molecule has 0 bridgehead atoms. The van der Waals surface area contributed by atoms with E-state index >= 15 is 0 Å². The van der Waals surface area contributed by atoms with Gasteiger partial charge in [0.05, 0.1) is 12.7 Å². The van der Waals surface area contributed by atoms with Crippen LogP contribution in [-0.4, -0.2) is 112 Å². The lowest BCUT2D eigenvalue weighted by molar-refractivity contribution is -0.269. The second-order valence-electron chi connectivity index (χ2n) is 16.1. The number of hydrogen-bond acceptors (Lipinski definition) is 13. The summed E-state index contributed by atoms with van der Waals surface area (Å²) in [6.07, 6.45) is 6.54. The van der Waals surface area contributed by atoms with E-state index in [1.165, 1.54) is 42.5 Å². The zero-order valence-electron chi connectivity index (χ0n) is 33.6. The summed E-state index contributed by atoms with van der Waals surface area (Å²) in [5, 5.41) is 56.5. The van der Waals surface area contributed by atoms with Gasteiger partial charge in [-0.05, 0) is 91.1 Å². The highest BCUT2D eigenvalue weighted by molar-refractivity contribution is 5.97. The van der Waals surface area contributed by atoms with Crippen molar-refractivity contribution in [3.63, 3.8) is 0 Å². The van der Waals surface area contributed by atoms with Crippen molar-refractivity contribution in [2.24, 2.45) is 11.7 Å². The van der Waals surface area contributed by atoms with E-state index in [2.05, 4.69) is 5.32 Å². The molecule has 0 radical (unpaired) electrons. The lowest BCUT2D eigenvalue weighted by atomic mass is 9.70. The van der Waals surface area contributed by atoms with Crippen LogP contribution in [0.5, 0.6) is 23.0 Å². The van der Waals surface area contributed by atoms with E-state index in [1.807, 2.05) is 30.3 Å². The maximum absolute atomic E-state index is 14.3. The highest BCUT2D eigenvalue weighted by Gasteiger charge is 2.61. The van der Waals surface area contributed by atoms with E-state index in [1.54, 1.807) is 18.2 Å². The van der Waals surface area contributed by atoms with E-state index < -0.39 is 60.1 Å². The van der Waals surface area contributed by atoms with Crippen LogP contribution in [-0.2, 0) is 35.0 Å². The molecule has 3 aromatic carbocycles. The molecule has 2 saturated carbocycles. The first-order valence-corrected chi connectivity index (χ1v) is 20.6. The third-order valence-electron chi connectivity index (χ3n) is 11.6. The van der Waals surface area contributed by atoms with Crippen LogP contribution >= 0.6 is 0 Å². The van der Waals surface area contributed by atoms with Gasteiger partial charge in [-0.2, -0.15) is 0 Å². The number of aryl methyl sites for hydroxylation is 1. The standard InChI is InChI=1S/C46H56N2O12/c47-20-21-57-41-19-15-31(23-39(41)53)12-16-35(49)27-59-45(44(55)56)25-40(54)43-46(28-45,29-48-34-8-4-5-9-34)60-42(37(51)18-14-32-13-17-36(50)38(52)22-32)24-33(26-58-43)11-10-30-6-2-1-3-7-30/h1-3,6-7,12-19,22-23,33-34,40,42-43,48,50,52-54H,4-5,8-11,20-21,24-29,47H2,(H,55,56)/t33-,40-,42?,43-,45+,46-/m1/s1. The molecule has 2 aliphatic carbocycles. The topological polar surface area (TPSA) is 227 Å². The van der Waals surface area contributed by atoms with Crippen molar-refractivity contribution in [1.29, 1.82) is 0 Å². The fourth-order valence-corrected chi connectivity index (χ4v) is 8.45. The molecular weight excluding hydrogens is 773 g/mol. The summed E-state index contributed by atoms with van der Waals surface area (Å²) in [4.78, 5) is 40.8. The lowest BCUT2D eigenvalue weighted by Gasteiger charge is -2.54. The number of hydrogen-bond donors (Lipinski definition) is 7. The molecule has 6 atom stereocenters. The molecule has 14 nitrogen and oxygen atoms in total. The van der Waals surface area contributed by atoms with Gasteiger partial charge in [0.2, 0.25) is 0 Å². The van der Waals surface area contributed by atoms with Gasteiger partial charge in [-0.1, -0.05) is 67.5 Å². The SMILES string of the molecule is NCCOc1ccc(C=CC(=O)CO[C@@]2(C(=O)O)C[C@@H](O)[C@H]3OC[C@H](CCc4ccccc4)CC(C(=O)C=Cc4ccc(O)c(O)c4)O[C@@]3(CNC3CCCC3)C2)cc1O. The van der Waals surface area contributed by atoms with E-state index in [9.17, 15) is 39.9 Å². The number of phenols is 3. The molecule has 1 aliphatic heterocycles. The van der Waals surface area contributed by atoms with Crippen LogP contribution in [0.1, 0.15) is 68.1 Å². The Hall–Kier alpha value is -5.09.